The van der Waals surface area contributed by atoms with E-state index in [9.17, 15) is 40.5 Å². The van der Waals surface area contributed by atoms with E-state index in [1.54, 1.807) is 0 Å². The van der Waals surface area contributed by atoms with Crippen LogP contribution in [-0.4, -0.2) is 85.4 Å². The predicted molar refractivity (Wildman–Crippen MR) is 105 cm³/mol. The maximum Gasteiger partial charge on any atom is 0.229 e. The fourth-order valence-corrected chi connectivity index (χ4v) is 3.73. The van der Waals surface area contributed by atoms with Gasteiger partial charge in [-0.05, 0) is 17.7 Å². The molecule has 4 rings (SSSR count). The molecular formula is C21H22O11. The van der Waals surface area contributed by atoms with Crippen molar-refractivity contribution in [3.63, 3.8) is 0 Å². The number of fused-ring (bicyclic) bond motifs is 1. The van der Waals surface area contributed by atoms with Gasteiger partial charge in [-0.1, -0.05) is 6.07 Å². The van der Waals surface area contributed by atoms with Crippen molar-refractivity contribution in [1.29, 1.82) is 0 Å². The number of carbonyl (C=O) groups excluding carboxylic acids is 1. The zero-order chi connectivity index (χ0) is 23.2. The molecular weight excluding hydrogens is 428 g/mol. The van der Waals surface area contributed by atoms with Crippen molar-refractivity contribution in [3.8, 4) is 28.7 Å². The normalized spacial score (nSPS) is 29.8. The Labute approximate surface area is 181 Å². The maximum atomic E-state index is 13.0. The highest BCUT2D eigenvalue weighted by molar-refractivity contribution is 6.06. The topological polar surface area (TPSA) is 186 Å². The van der Waals surface area contributed by atoms with Gasteiger partial charge in [-0.25, -0.2) is 0 Å². The van der Waals surface area contributed by atoms with E-state index in [0.717, 1.165) is 6.07 Å². The predicted octanol–water partition coefficient (Wildman–Crippen LogP) is -0.659. The van der Waals surface area contributed by atoms with E-state index in [1.807, 2.05) is 0 Å². The Morgan fingerprint density at radius 3 is 2.38 bits per heavy atom. The van der Waals surface area contributed by atoms with E-state index in [1.165, 1.54) is 24.3 Å². The van der Waals surface area contributed by atoms with Gasteiger partial charge in [0, 0.05) is 12.1 Å². The van der Waals surface area contributed by atoms with E-state index >= 15 is 0 Å². The van der Waals surface area contributed by atoms with Crippen LogP contribution in [-0.2, 0) is 4.74 Å². The van der Waals surface area contributed by atoms with Crippen LogP contribution in [0.4, 0.5) is 0 Å². The summed E-state index contributed by atoms with van der Waals surface area (Å²) in [5.74, 6) is -2.57. The van der Waals surface area contributed by atoms with Crippen molar-refractivity contribution in [3.05, 3.63) is 41.5 Å². The zero-order valence-corrected chi connectivity index (χ0v) is 16.5. The van der Waals surface area contributed by atoms with E-state index in [2.05, 4.69) is 0 Å². The monoisotopic (exact) mass is 450 g/mol. The number of ether oxygens (including phenoxy) is 3. The molecule has 2 aliphatic rings. The summed E-state index contributed by atoms with van der Waals surface area (Å²) in [6.45, 7) is -0.745. The van der Waals surface area contributed by atoms with Crippen LogP contribution >= 0.6 is 0 Å². The summed E-state index contributed by atoms with van der Waals surface area (Å²) in [6, 6.07) is 6.32. The molecule has 0 bridgehead atoms. The molecule has 2 aromatic rings. The summed E-state index contributed by atoms with van der Waals surface area (Å²) in [5, 5.41) is 68.7. The molecule has 0 saturated carbocycles. The first-order valence-corrected chi connectivity index (χ1v) is 9.74. The van der Waals surface area contributed by atoms with Crippen LogP contribution in [0.5, 0.6) is 28.7 Å². The van der Waals surface area contributed by atoms with Crippen LogP contribution in [0, 0.1) is 0 Å². The van der Waals surface area contributed by atoms with Gasteiger partial charge in [0.2, 0.25) is 6.29 Å². The third kappa shape index (κ3) is 3.80. The number of rotatable bonds is 4. The summed E-state index contributed by atoms with van der Waals surface area (Å²) in [6.07, 6.45) is -7.50. The van der Waals surface area contributed by atoms with E-state index < -0.39 is 60.5 Å². The lowest BCUT2D eigenvalue weighted by atomic mass is 9.88. The second-order valence-corrected chi connectivity index (χ2v) is 7.61. The third-order valence-electron chi connectivity index (χ3n) is 5.53. The summed E-state index contributed by atoms with van der Waals surface area (Å²) in [5.41, 5.74) is 0.270. The van der Waals surface area contributed by atoms with Crippen molar-refractivity contribution in [2.75, 3.05) is 13.2 Å². The molecule has 0 radical (unpaired) electrons. The van der Waals surface area contributed by atoms with Crippen LogP contribution in [0.2, 0.25) is 0 Å². The molecule has 6 atom stereocenters. The number of aromatic hydroxyl groups is 3. The van der Waals surface area contributed by atoms with Gasteiger partial charge >= 0.3 is 0 Å². The fraction of sp³-hybridized carbons (Fsp3) is 0.381. The smallest absolute Gasteiger partial charge is 0.229 e. The number of carbonyl (C=O) groups is 1. The molecule has 172 valence electrons. The average Bonchev–Trinajstić information content (AvgIpc) is 2.76. The lowest BCUT2D eigenvalue weighted by Crippen LogP contribution is -2.60. The molecule has 2 heterocycles. The highest BCUT2D eigenvalue weighted by atomic mass is 16.7. The number of aliphatic hydroxyl groups is 4. The number of ketones is 1. The van der Waals surface area contributed by atoms with Gasteiger partial charge in [-0.2, -0.15) is 0 Å². The van der Waals surface area contributed by atoms with E-state index in [0.29, 0.717) is 5.56 Å². The summed E-state index contributed by atoms with van der Waals surface area (Å²) >= 11 is 0. The largest absolute Gasteiger partial charge is 0.507 e. The summed E-state index contributed by atoms with van der Waals surface area (Å²) in [7, 11) is 0. The van der Waals surface area contributed by atoms with Crippen molar-refractivity contribution in [1.82, 2.24) is 0 Å². The molecule has 11 heteroatoms. The molecule has 0 aliphatic carbocycles. The van der Waals surface area contributed by atoms with Crippen LogP contribution in [0.25, 0.3) is 0 Å². The number of benzene rings is 2. The molecule has 11 nitrogen and oxygen atoms in total. The molecule has 2 aliphatic heterocycles. The van der Waals surface area contributed by atoms with Gasteiger partial charge in [0.25, 0.3) is 0 Å². The van der Waals surface area contributed by atoms with E-state index in [-0.39, 0.29) is 29.4 Å². The van der Waals surface area contributed by atoms with Crippen molar-refractivity contribution < 1.29 is 54.8 Å². The molecule has 32 heavy (non-hydrogen) atoms. The second kappa shape index (κ2) is 8.45. The average molecular weight is 450 g/mol. The first kappa shape index (κ1) is 22.1. The third-order valence-corrected chi connectivity index (χ3v) is 5.53. The lowest BCUT2D eigenvalue weighted by Gasteiger charge is -2.39. The van der Waals surface area contributed by atoms with Crippen LogP contribution in [0.15, 0.2) is 30.3 Å². The van der Waals surface area contributed by atoms with Gasteiger partial charge in [0.15, 0.2) is 17.3 Å². The number of hydrogen-bond donors (Lipinski definition) is 7. The van der Waals surface area contributed by atoms with Crippen LogP contribution in [0.1, 0.15) is 21.8 Å². The Morgan fingerprint density at radius 1 is 0.938 bits per heavy atom. The molecule has 0 unspecified atom stereocenters. The fourth-order valence-electron chi connectivity index (χ4n) is 3.73. The minimum Gasteiger partial charge on any atom is -0.507 e. The SMILES string of the molecule is O=C1c2c(O)cc(O[C@@H]3O[C@H](CO)[C@@H](O)[C@H](O)[C@H]3O)cc2OC[C@@H]1c1ccc(O)c(O)c1. The Hall–Kier alpha value is -3.09. The number of phenolic OH excluding ortho intramolecular Hbond substituents is 3. The molecule has 1 saturated heterocycles. The lowest BCUT2D eigenvalue weighted by molar-refractivity contribution is -0.277. The van der Waals surface area contributed by atoms with Gasteiger partial charge in [-0.15, -0.1) is 0 Å². The molecule has 0 aromatic heterocycles. The minimum atomic E-state index is -1.65. The molecule has 0 spiro atoms. The first-order valence-electron chi connectivity index (χ1n) is 9.74. The van der Waals surface area contributed by atoms with Gasteiger partial charge in [0.05, 0.1) is 12.5 Å². The van der Waals surface area contributed by atoms with Crippen molar-refractivity contribution in [2.24, 2.45) is 0 Å². The van der Waals surface area contributed by atoms with Gasteiger partial charge in [0.1, 0.15) is 53.8 Å². The number of aliphatic hydroxyl groups excluding tert-OH is 4. The molecule has 1 fully saturated rings. The maximum absolute atomic E-state index is 13.0. The van der Waals surface area contributed by atoms with Crippen LogP contribution in [0.3, 0.4) is 0 Å². The quantitative estimate of drug-likeness (QED) is 0.293. The summed E-state index contributed by atoms with van der Waals surface area (Å²) in [4.78, 5) is 13.0. The Bertz CT molecular complexity index is 1020. The highest BCUT2D eigenvalue weighted by Gasteiger charge is 2.45. The Balaban J connectivity index is 1.58. The standard InChI is InChI=1S/C21H22O11/c22-6-15-18(27)19(28)20(29)21(32-15)31-9-4-13(25)16-14(5-9)30-7-10(17(16)26)8-1-2-11(23)12(24)3-8/h1-5,10,15,18-25,27-29H,6-7H2/t10-,15-,18-,19+,20-,21-/m1/s1. The first-order chi connectivity index (χ1) is 15.2. The molecule has 0 amide bonds. The van der Waals surface area contributed by atoms with Crippen molar-refractivity contribution in [2.45, 2.75) is 36.6 Å². The minimum absolute atomic E-state index is 0.00819. The van der Waals surface area contributed by atoms with Crippen molar-refractivity contribution >= 4 is 5.78 Å². The molecule has 2 aromatic carbocycles. The van der Waals surface area contributed by atoms with Crippen LogP contribution < -0.4 is 9.47 Å². The van der Waals surface area contributed by atoms with Gasteiger partial charge < -0.3 is 50.0 Å². The van der Waals surface area contributed by atoms with E-state index in [4.69, 9.17) is 14.2 Å². The molecule has 7 N–H and O–H groups in total. The zero-order valence-electron chi connectivity index (χ0n) is 16.5. The second-order valence-electron chi connectivity index (χ2n) is 7.61. The number of Topliss-reactive ketones (excluding diaryl/α,β-unsaturated/α-hetero) is 1. The number of hydrogen-bond acceptors (Lipinski definition) is 11. The van der Waals surface area contributed by atoms with Gasteiger partial charge in [-0.3, -0.25) is 4.79 Å². The number of phenols is 3. The highest BCUT2D eigenvalue weighted by Crippen LogP contribution is 2.42. The Kier molecular flexibility index (Phi) is 5.84. The Morgan fingerprint density at radius 2 is 1.69 bits per heavy atom. The summed E-state index contributed by atoms with van der Waals surface area (Å²) < 4.78 is 16.4.